The molecule has 2 rings (SSSR count). The molecular weight excluding hydrogens is 214 g/mol. The van der Waals surface area contributed by atoms with Gasteiger partial charge >= 0.3 is 0 Å². The Morgan fingerprint density at radius 3 is 2.73 bits per heavy atom. The number of rotatable bonds is 1. The van der Waals surface area contributed by atoms with Crippen LogP contribution in [0.2, 0.25) is 0 Å². The van der Waals surface area contributed by atoms with Gasteiger partial charge in [0.1, 0.15) is 0 Å². The zero-order valence-electron chi connectivity index (χ0n) is 8.42. The Labute approximate surface area is 89.2 Å². The lowest BCUT2D eigenvalue weighted by atomic mass is 10.0. The minimum atomic E-state index is -3.24. The lowest BCUT2D eigenvalue weighted by molar-refractivity contribution is 0.166. The fraction of sp³-hybridized carbons (Fsp3) is 0.400. The SMILES string of the molecule is CS(=O)(=O)N1CC[C@H](O)c2ccccc21. The summed E-state index contributed by atoms with van der Waals surface area (Å²) in [5.41, 5.74) is 1.29. The maximum atomic E-state index is 11.5. The van der Waals surface area contributed by atoms with E-state index in [0.717, 1.165) is 0 Å². The third kappa shape index (κ3) is 1.85. The van der Waals surface area contributed by atoms with E-state index in [2.05, 4.69) is 0 Å². The average molecular weight is 227 g/mol. The summed E-state index contributed by atoms with van der Waals surface area (Å²) in [6, 6.07) is 7.05. The number of anilines is 1. The summed E-state index contributed by atoms with van der Waals surface area (Å²) in [5, 5.41) is 9.72. The quantitative estimate of drug-likeness (QED) is 0.775. The molecule has 0 saturated carbocycles. The molecule has 0 radical (unpaired) electrons. The molecule has 0 bridgehead atoms. The highest BCUT2D eigenvalue weighted by Gasteiger charge is 2.27. The van der Waals surface area contributed by atoms with Crippen LogP contribution in [0.15, 0.2) is 24.3 Å². The van der Waals surface area contributed by atoms with E-state index >= 15 is 0 Å². The predicted molar refractivity (Wildman–Crippen MR) is 58.2 cm³/mol. The van der Waals surface area contributed by atoms with Gasteiger partial charge < -0.3 is 5.11 Å². The molecule has 0 aliphatic carbocycles. The topological polar surface area (TPSA) is 57.6 Å². The summed E-state index contributed by atoms with van der Waals surface area (Å²) in [4.78, 5) is 0. The number of benzene rings is 1. The van der Waals surface area contributed by atoms with Crippen LogP contribution < -0.4 is 4.31 Å². The van der Waals surface area contributed by atoms with Crippen molar-refractivity contribution in [1.82, 2.24) is 0 Å². The highest BCUT2D eigenvalue weighted by Crippen LogP contribution is 2.34. The maximum absolute atomic E-state index is 11.5. The molecule has 1 N–H and O–H groups in total. The summed E-state index contributed by atoms with van der Waals surface area (Å²) in [6.07, 6.45) is 1.07. The Morgan fingerprint density at radius 1 is 1.40 bits per heavy atom. The minimum absolute atomic E-state index is 0.344. The van der Waals surface area contributed by atoms with E-state index in [0.29, 0.717) is 24.2 Å². The fourth-order valence-electron chi connectivity index (χ4n) is 1.86. The lowest BCUT2D eigenvalue weighted by Gasteiger charge is -2.31. The largest absolute Gasteiger partial charge is 0.388 e. The Kier molecular flexibility index (Phi) is 2.44. The van der Waals surface area contributed by atoms with Gasteiger partial charge in [-0.05, 0) is 12.5 Å². The van der Waals surface area contributed by atoms with E-state index in [1.807, 2.05) is 0 Å². The van der Waals surface area contributed by atoms with Crippen molar-refractivity contribution in [3.63, 3.8) is 0 Å². The van der Waals surface area contributed by atoms with E-state index in [9.17, 15) is 13.5 Å². The molecule has 0 spiro atoms. The van der Waals surface area contributed by atoms with E-state index < -0.39 is 16.1 Å². The molecule has 5 heteroatoms. The highest BCUT2D eigenvalue weighted by atomic mass is 32.2. The van der Waals surface area contributed by atoms with Crippen LogP contribution >= 0.6 is 0 Å². The van der Waals surface area contributed by atoms with Crippen LogP contribution in [-0.4, -0.2) is 26.3 Å². The zero-order valence-corrected chi connectivity index (χ0v) is 9.24. The first kappa shape index (κ1) is 10.4. The van der Waals surface area contributed by atoms with Crippen molar-refractivity contribution in [2.45, 2.75) is 12.5 Å². The third-order valence-corrected chi connectivity index (χ3v) is 3.75. The highest BCUT2D eigenvalue weighted by molar-refractivity contribution is 7.92. The normalized spacial score (nSPS) is 21.2. The number of para-hydroxylation sites is 1. The smallest absolute Gasteiger partial charge is 0.232 e. The van der Waals surface area contributed by atoms with Gasteiger partial charge in [0, 0.05) is 12.1 Å². The van der Waals surface area contributed by atoms with Gasteiger partial charge in [-0.2, -0.15) is 0 Å². The van der Waals surface area contributed by atoms with Gasteiger partial charge in [-0.3, -0.25) is 4.31 Å². The second-order valence-electron chi connectivity index (χ2n) is 3.70. The first-order valence-electron chi connectivity index (χ1n) is 4.75. The zero-order chi connectivity index (χ0) is 11.1. The summed E-state index contributed by atoms with van der Waals surface area (Å²) in [6.45, 7) is 0.344. The van der Waals surface area contributed by atoms with Crippen molar-refractivity contribution in [1.29, 1.82) is 0 Å². The Bertz CT molecular complexity index is 469. The molecule has 0 fully saturated rings. The molecule has 4 nitrogen and oxygen atoms in total. The van der Waals surface area contributed by atoms with E-state index in [1.54, 1.807) is 24.3 Å². The van der Waals surface area contributed by atoms with Crippen molar-refractivity contribution < 1.29 is 13.5 Å². The average Bonchev–Trinajstić information content (AvgIpc) is 2.17. The standard InChI is InChI=1S/C10H13NO3S/c1-15(13,14)11-7-6-10(12)8-4-2-3-5-9(8)11/h2-5,10,12H,6-7H2,1H3/t10-/m0/s1. The monoisotopic (exact) mass is 227 g/mol. The number of aliphatic hydroxyl groups excluding tert-OH is 1. The van der Waals surface area contributed by atoms with Gasteiger partial charge in [0.05, 0.1) is 18.0 Å². The molecule has 15 heavy (non-hydrogen) atoms. The number of nitrogens with zero attached hydrogens (tertiary/aromatic N) is 1. The number of fused-ring (bicyclic) bond motifs is 1. The molecule has 1 aromatic rings. The van der Waals surface area contributed by atoms with E-state index in [4.69, 9.17) is 0 Å². The number of hydrogen-bond donors (Lipinski definition) is 1. The molecule has 0 aromatic heterocycles. The molecule has 0 unspecified atom stereocenters. The Morgan fingerprint density at radius 2 is 2.07 bits per heavy atom. The molecule has 1 aliphatic rings. The van der Waals surface area contributed by atoms with Crippen LogP contribution in [-0.2, 0) is 10.0 Å². The summed E-state index contributed by atoms with van der Waals surface area (Å²) >= 11 is 0. The van der Waals surface area contributed by atoms with Crippen molar-refractivity contribution in [2.24, 2.45) is 0 Å². The van der Waals surface area contributed by atoms with Crippen molar-refractivity contribution >= 4 is 15.7 Å². The molecule has 1 atom stereocenters. The fourth-order valence-corrected chi connectivity index (χ4v) is 2.82. The van der Waals surface area contributed by atoms with E-state index in [1.165, 1.54) is 10.6 Å². The Hall–Kier alpha value is -1.07. The first-order valence-corrected chi connectivity index (χ1v) is 6.59. The third-order valence-electron chi connectivity index (χ3n) is 2.57. The molecular formula is C10H13NO3S. The van der Waals surface area contributed by atoms with Crippen LogP contribution in [0.4, 0.5) is 5.69 Å². The van der Waals surface area contributed by atoms with Crippen molar-refractivity contribution in [3.8, 4) is 0 Å². The first-order chi connectivity index (χ1) is 7.00. The molecule has 82 valence electrons. The maximum Gasteiger partial charge on any atom is 0.232 e. The van der Waals surface area contributed by atoms with Crippen LogP contribution in [0, 0.1) is 0 Å². The van der Waals surface area contributed by atoms with Gasteiger partial charge in [-0.25, -0.2) is 8.42 Å². The van der Waals surface area contributed by atoms with Crippen LogP contribution in [0.25, 0.3) is 0 Å². The van der Waals surface area contributed by atoms with Crippen molar-refractivity contribution in [3.05, 3.63) is 29.8 Å². The van der Waals surface area contributed by atoms with E-state index in [-0.39, 0.29) is 0 Å². The molecule has 0 amide bonds. The number of sulfonamides is 1. The van der Waals surface area contributed by atoms with Gasteiger partial charge in [-0.1, -0.05) is 18.2 Å². The van der Waals surface area contributed by atoms with Gasteiger partial charge in [-0.15, -0.1) is 0 Å². The minimum Gasteiger partial charge on any atom is -0.388 e. The second-order valence-corrected chi connectivity index (χ2v) is 5.61. The molecule has 1 heterocycles. The van der Waals surface area contributed by atoms with Crippen molar-refractivity contribution in [2.75, 3.05) is 17.1 Å². The summed E-state index contributed by atoms with van der Waals surface area (Å²) < 4.78 is 24.3. The van der Waals surface area contributed by atoms with Gasteiger partial charge in [0.2, 0.25) is 10.0 Å². The summed E-state index contributed by atoms with van der Waals surface area (Å²) in [7, 11) is -3.24. The molecule has 1 aromatic carbocycles. The van der Waals surface area contributed by atoms with Gasteiger partial charge in [0.25, 0.3) is 0 Å². The molecule has 0 saturated heterocycles. The summed E-state index contributed by atoms with van der Waals surface area (Å²) in [5.74, 6) is 0. The van der Waals surface area contributed by atoms with Gasteiger partial charge in [0.15, 0.2) is 0 Å². The number of aliphatic hydroxyl groups is 1. The lowest BCUT2D eigenvalue weighted by Crippen LogP contribution is -2.35. The van der Waals surface area contributed by atoms with Crippen LogP contribution in [0.1, 0.15) is 18.1 Å². The predicted octanol–water partition coefficient (Wildman–Crippen LogP) is 0.890. The van der Waals surface area contributed by atoms with Crippen LogP contribution in [0.3, 0.4) is 0 Å². The number of hydrogen-bond acceptors (Lipinski definition) is 3. The second kappa shape index (κ2) is 3.50. The molecule has 1 aliphatic heterocycles. The van der Waals surface area contributed by atoms with Crippen LogP contribution in [0.5, 0.6) is 0 Å². The Balaban J connectivity index is 2.54.